The van der Waals surface area contributed by atoms with E-state index in [-0.39, 0.29) is 20.8 Å². The number of benzene rings is 2. The normalized spacial score (nSPS) is 11.5. The molecule has 0 unspecified atom stereocenters. The molecule has 3 aromatic rings. The number of sulfonamides is 1. The van der Waals surface area contributed by atoms with E-state index in [1.54, 1.807) is 18.2 Å². The number of halogens is 2. The smallest absolute Gasteiger partial charge is 0.263 e. The van der Waals surface area contributed by atoms with Crippen molar-refractivity contribution in [3.63, 3.8) is 0 Å². The lowest BCUT2D eigenvalue weighted by Gasteiger charge is -2.09. The van der Waals surface area contributed by atoms with E-state index < -0.39 is 10.0 Å². The number of phenolic OH excluding ortho intramolecular Hbond substituents is 1. The first-order chi connectivity index (χ1) is 13.3. The zero-order valence-corrected chi connectivity index (χ0v) is 18.0. The molecule has 28 heavy (non-hydrogen) atoms. The minimum atomic E-state index is -3.73. The van der Waals surface area contributed by atoms with Gasteiger partial charge in [-0.3, -0.25) is 4.72 Å². The molecule has 0 aliphatic heterocycles. The first-order valence-corrected chi connectivity index (χ1v) is 11.4. The van der Waals surface area contributed by atoms with Crippen LogP contribution in [0.25, 0.3) is 0 Å². The number of aryl methyl sites for hydroxylation is 3. The van der Waals surface area contributed by atoms with E-state index in [1.165, 1.54) is 29.5 Å². The lowest BCUT2D eigenvalue weighted by Crippen LogP contribution is -2.12. The largest absolute Gasteiger partial charge is 0.506 e. The van der Waals surface area contributed by atoms with E-state index in [0.29, 0.717) is 29.8 Å². The number of nitrogens with zero attached hydrogens (tertiary/aromatic N) is 2. The summed E-state index contributed by atoms with van der Waals surface area (Å²) in [6.07, 6.45) is 1.80. The lowest BCUT2D eigenvalue weighted by atomic mass is 10.0. The number of nitrogens with one attached hydrogen (secondary N) is 1. The Morgan fingerprint density at radius 1 is 1.11 bits per heavy atom. The average Bonchev–Trinajstić information content (AvgIpc) is 3.10. The summed E-state index contributed by atoms with van der Waals surface area (Å²) in [5.41, 5.74) is 1.55. The zero-order valence-electron chi connectivity index (χ0n) is 14.8. The number of rotatable bonds is 7. The molecule has 1 aromatic heterocycles. The molecule has 0 spiro atoms. The highest BCUT2D eigenvalue weighted by Crippen LogP contribution is 2.32. The van der Waals surface area contributed by atoms with E-state index >= 15 is 0 Å². The summed E-state index contributed by atoms with van der Waals surface area (Å²) >= 11 is 13.1. The summed E-state index contributed by atoms with van der Waals surface area (Å²) in [6, 6.07) is 9.67. The summed E-state index contributed by atoms with van der Waals surface area (Å²) in [5, 5.41) is 19.4. The Bertz CT molecular complexity index is 1080. The maximum absolute atomic E-state index is 12.5. The third kappa shape index (κ3) is 4.94. The minimum Gasteiger partial charge on any atom is -0.506 e. The molecule has 0 bridgehead atoms. The highest BCUT2D eigenvalue weighted by Gasteiger charge is 2.17. The molecule has 0 fully saturated rings. The van der Waals surface area contributed by atoms with Crippen molar-refractivity contribution in [2.45, 2.75) is 31.1 Å². The van der Waals surface area contributed by atoms with Gasteiger partial charge in [0.05, 0.1) is 9.92 Å². The Labute approximate surface area is 177 Å². The van der Waals surface area contributed by atoms with Crippen LogP contribution >= 0.6 is 34.5 Å². The number of anilines is 1. The highest BCUT2D eigenvalue weighted by atomic mass is 35.5. The summed E-state index contributed by atoms with van der Waals surface area (Å²) in [5.74, 6) is 0.0120. The topological polar surface area (TPSA) is 92.2 Å². The van der Waals surface area contributed by atoms with Crippen LogP contribution in [0.2, 0.25) is 10.0 Å². The Kier molecular flexibility index (Phi) is 6.44. The Morgan fingerprint density at radius 2 is 1.82 bits per heavy atom. The monoisotopic (exact) mass is 457 g/mol. The Balaban J connectivity index is 1.69. The second-order valence-electron chi connectivity index (χ2n) is 6.00. The summed E-state index contributed by atoms with van der Waals surface area (Å²) < 4.78 is 27.4. The van der Waals surface area contributed by atoms with Crippen molar-refractivity contribution in [1.82, 2.24) is 10.2 Å². The second kappa shape index (κ2) is 8.65. The fourth-order valence-corrected chi connectivity index (χ4v) is 4.98. The van der Waals surface area contributed by atoms with Crippen molar-refractivity contribution in [2.75, 3.05) is 4.72 Å². The number of aromatic nitrogens is 2. The second-order valence-corrected chi connectivity index (χ2v) is 9.59. The van der Waals surface area contributed by atoms with Crippen LogP contribution in [-0.4, -0.2) is 23.7 Å². The minimum absolute atomic E-state index is 0.0120. The van der Waals surface area contributed by atoms with Gasteiger partial charge in [-0.05, 0) is 54.7 Å². The average molecular weight is 458 g/mol. The zero-order chi connectivity index (χ0) is 20.3. The van der Waals surface area contributed by atoms with Crippen LogP contribution in [0.5, 0.6) is 5.75 Å². The van der Waals surface area contributed by atoms with Crippen LogP contribution in [0.1, 0.15) is 23.1 Å². The molecule has 2 aromatic carbocycles. The summed E-state index contributed by atoms with van der Waals surface area (Å²) in [6.45, 7) is 1.93. The van der Waals surface area contributed by atoms with Gasteiger partial charge in [0.15, 0.2) is 0 Å². The molecular formula is C18H17Cl2N3O3S2. The number of hydrogen-bond donors (Lipinski definition) is 2. The number of aromatic hydroxyl groups is 1. The predicted molar refractivity (Wildman–Crippen MR) is 112 cm³/mol. The first kappa shape index (κ1) is 20.9. The molecule has 0 saturated carbocycles. The molecule has 0 amide bonds. The molecule has 0 aliphatic carbocycles. The standard InChI is InChI=1S/C18H17Cl2N3O3S2/c1-2-16-21-22-18(27-16)23-28(25,26)14-7-4-11(5-8-14)3-6-12-9-13(19)10-15(20)17(12)24/h4-5,7-10,24H,2-3,6H2,1H3,(H,22,23). The van der Waals surface area contributed by atoms with Crippen LogP contribution in [0, 0.1) is 0 Å². The Morgan fingerprint density at radius 3 is 2.46 bits per heavy atom. The molecular weight excluding hydrogens is 441 g/mol. The van der Waals surface area contributed by atoms with Gasteiger partial charge in [-0.15, -0.1) is 10.2 Å². The molecule has 0 radical (unpaired) electrons. The van der Waals surface area contributed by atoms with Gasteiger partial charge in [-0.25, -0.2) is 8.42 Å². The molecule has 6 nitrogen and oxygen atoms in total. The van der Waals surface area contributed by atoms with Gasteiger partial charge >= 0.3 is 0 Å². The fourth-order valence-electron chi connectivity index (χ4n) is 2.54. The highest BCUT2D eigenvalue weighted by molar-refractivity contribution is 7.93. The quantitative estimate of drug-likeness (QED) is 0.536. The van der Waals surface area contributed by atoms with Gasteiger partial charge in [0.25, 0.3) is 10.0 Å². The van der Waals surface area contributed by atoms with Gasteiger partial charge in [-0.2, -0.15) is 0 Å². The van der Waals surface area contributed by atoms with Gasteiger partial charge in [0.2, 0.25) is 5.13 Å². The molecule has 0 saturated heterocycles. The van der Waals surface area contributed by atoms with Gasteiger partial charge < -0.3 is 5.11 Å². The van der Waals surface area contributed by atoms with Crippen molar-refractivity contribution >= 4 is 49.7 Å². The van der Waals surface area contributed by atoms with Crippen molar-refractivity contribution in [1.29, 1.82) is 0 Å². The van der Waals surface area contributed by atoms with Crippen LogP contribution in [0.4, 0.5) is 5.13 Å². The third-order valence-corrected chi connectivity index (χ3v) is 6.99. The fraction of sp³-hybridized carbons (Fsp3) is 0.222. The molecule has 3 rings (SSSR count). The van der Waals surface area contributed by atoms with Gasteiger partial charge in [-0.1, -0.05) is 53.6 Å². The molecule has 10 heteroatoms. The predicted octanol–water partition coefficient (Wildman–Crippen LogP) is 4.70. The van der Waals surface area contributed by atoms with E-state index in [1.807, 2.05) is 6.92 Å². The summed E-state index contributed by atoms with van der Waals surface area (Å²) in [4.78, 5) is 0.137. The van der Waals surface area contributed by atoms with Crippen LogP contribution in [0.15, 0.2) is 41.3 Å². The van der Waals surface area contributed by atoms with Crippen molar-refractivity contribution in [2.24, 2.45) is 0 Å². The van der Waals surface area contributed by atoms with E-state index in [2.05, 4.69) is 14.9 Å². The third-order valence-electron chi connectivity index (χ3n) is 4.01. The van der Waals surface area contributed by atoms with Crippen molar-refractivity contribution in [3.8, 4) is 5.75 Å². The SMILES string of the molecule is CCc1nnc(NS(=O)(=O)c2ccc(CCc3cc(Cl)cc(Cl)c3O)cc2)s1. The maximum Gasteiger partial charge on any atom is 0.263 e. The number of phenols is 1. The van der Waals surface area contributed by atoms with E-state index in [0.717, 1.165) is 10.6 Å². The van der Waals surface area contributed by atoms with Crippen LogP contribution in [0.3, 0.4) is 0 Å². The molecule has 0 aliphatic rings. The lowest BCUT2D eigenvalue weighted by molar-refractivity contribution is 0.468. The van der Waals surface area contributed by atoms with E-state index in [9.17, 15) is 13.5 Å². The Hall–Kier alpha value is -1.87. The van der Waals surface area contributed by atoms with Crippen molar-refractivity contribution in [3.05, 3.63) is 62.6 Å². The molecule has 2 N–H and O–H groups in total. The number of hydrogen-bond acceptors (Lipinski definition) is 6. The summed E-state index contributed by atoms with van der Waals surface area (Å²) in [7, 11) is -3.73. The molecule has 0 atom stereocenters. The van der Waals surface area contributed by atoms with Crippen LogP contribution in [-0.2, 0) is 29.3 Å². The van der Waals surface area contributed by atoms with Gasteiger partial charge in [0.1, 0.15) is 10.8 Å². The molecule has 1 heterocycles. The molecule has 148 valence electrons. The van der Waals surface area contributed by atoms with Crippen LogP contribution < -0.4 is 4.72 Å². The van der Waals surface area contributed by atoms with Gasteiger partial charge in [0, 0.05) is 5.02 Å². The van der Waals surface area contributed by atoms with E-state index in [4.69, 9.17) is 23.2 Å². The maximum atomic E-state index is 12.5. The van der Waals surface area contributed by atoms with Crippen molar-refractivity contribution < 1.29 is 13.5 Å². The first-order valence-electron chi connectivity index (χ1n) is 8.39.